The summed E-state index contributed by atoms with van der Waals surface area (Å²) < 4.78 is 0. The van der Waals surface area contributed by atoms with Crippen LogP contribution in [-0.2, 0) is 9.59 Å². The van der Waals surface area contributed by atoms with Crippen LogP contribution in [0.1, 0.15) is 12.8 Å². The molecule has 0 spiro atoms. The molecule has 0 bridgehead atoms. The van der Waals surface area contributed by atoms with E-state index in [0.717, 1.165) is 19.4 Å². The van der Waals surface area contributed by atoms with Crippen molar-refractivity contribution in [2.45, 2.75) is 12.8 Å². The Morgan fingerprint density at radius 2 is 2.42 bits per heavy atom. The summed E-state index contributed by atoms with van der Waals surface area (Å²) in [6, 6.07) is 0. The van der Waals surface area contributed by atoms with Gasteiger partial charge in [-0.2, -0.15) is 0 Å². The fourth-order valence-corrected chi connectivity index (χ4v) is 1.48. The fourth-order valence-electron chi connectivity index (χ4n) is 1.48. The minimum Gasteiger partial charge on any atom is -0.359 e. The summed E-state index contributed by atoms with van der Waals surface area (Å²) in [6.45, 7) is 1.25. The number of rotatable bonds is 2. The topological polar surface area (TPSA) is 49.4 Å². The minimum atomic E-state index is -0.0369. The van der Waals surface area contributed by atoms with Crippen molar-refractivity contribution in [2.24, 2.45) is 5.92 Å². The van der Waals surface area contributed by atoms with Crippen LogP contribution < -0.4 is 5.32 Å². The average molecular weight is 169 g/mol. The lowest BCUT2D eigenvalue weighted by molar-refractivity contribution is -0.125. The van der Waals surface area contributed by atoms with E-state index in [2.05, 4.69) is 5.32 Å². The van der Waals surface area contributed by atoms with E-state index < -0.39 is 0 Å². The van der Waals surface area contributed by atoms with Crippen molar-refractivity contribution in [3.8, 4) is 0 Å². The first-order valence-electron chi connectivity index (χ1n) is 4.12. The molecule has 1 fully saturated rings. The first kappa shape index (κ1) is 9.03. The highest BCUT2D eigenvalue weighted by Gasteiger charge is 2.24. The van der Waals surface area contributed by atoms with Gasteiger partial charge < -0.3 is 10.2 Å². The largest absolute Gasteiger partial charge is 0.359 e. The van der Waals surface area contributed by atoms with E-state index in [1.807, 2.05) is 6.41 Å². The molecule has 4 heteroatoms. The van der Waals surface area contributed by atoms with Crippen molar-refractivity contribution in [1.29, 1.82) is 0 Å². The summed E-state index contributed by atoms with van der Waals surface area (Å²) in [5.74, 6) is -0.0137. The lowest BCUT2D eigenvalue weighted by Crippen LogP contribution is -2.41. The van der Waals surface area contributed by atoms with Gasteiger partial charge in [0, 0.05) is 20.1 Å². The fraction of sp³-hybridized carbons (Fsp3) is 0.750. The molecule has 4 nitrogen and oxygen atoms in total. The molecular weight excluding hydrogens is 156 g/mol. The van der Waals surface area contributed by atoms with E-state index in [4.69, 9.17) is 0 Å². The molecule has 0 saturated carbocycles. The molecule has 1 aliphatic rings. The summed E-state index contributed by atoms with van der Waals surface area (Å²) in [7, 11) is 1.62. The molecule has 0 aromatic carbocycles. The zero-order valence-electron chi connectivity index (χ0n) is 7.17. The van der Waals surface area contributed by atoms with Gasteiger partial charge in [0.1, 0.15) is 0 Å². The predicted octanol–water partition coefficient (Wildman–Crippen LogP) is -0.488. The number of hydrogen-bond acceptors (Lipinski definition) is 2. The third kappa shape index (κ3) is 1.96. The number of nitrogens with zero attached hydrogens (tertiary/aromatic N) is 1. The van der Waals surface area contributed by atoms with Crippen molar-refractivity contribution in [3.63, 3.8) is 0 Å². The Bertz CT molecular complexity index is 182. The van der Waals surface area contributed by atoms with E-state index >= 15 is 0 Å². The highest BCUT2D eigenvalue weighted by atomic mass is 16.2. The highest BCUT2D eigenvalue weighted by molar-refractivity contribution is 5.78. The molecular formula is C8H13N2O2. The second-order valence-electron chi connectivity index (χ2n) is 2.99. The third-order valence-electron chi connectivity index (χ3n) is 2.17. The Balaban J connectivity index is 2.45. The van der Waals surface area contributed by atoms with Crippen LogP contribution in [0.25, 0.3) is 0 Å². The van der Waals surface area contributed by atoms with E-state index in [-0.39, 0.29) is 11.8 Å². The van der Waals surface area contributed by atoms with E-state index in [1.165, 1.54) is 4.90 Å². The maximum absolute atomic E-state index is 11.2. The maximum Gasteiger partial charge on any atom is 0.312 e. The molecule has 0 aromatic heterocycles. The van der Waals surface area contributed by atoms with Gasteiger partial charge in [0.2, 0.25) is 5.91 Å². The molecule has 67 valence electrons. The van der Waals surface area contributed by atoms with Crippen LogP contribution in [0.3, 0.4) is 0 Å². The average Bonchev–Trinajstić information content (AvgIpc) is 2.17. The van der Waals surface area contributed by atoms with Gasteiger partial charge in [0.05, 0.1) is 5.92 Å². The molecule has 1 radical (unpaired) electrons. The second kappa shape index (κ2) is 4.09. The van der Waals surface area contributed by atoms with Crippen LogP contribution in [0.15, 0.2) is 0 Å². The van der Waals surface area contributed by atoms with Crippen molar-refractivity contribution in [1.82, 2.24) is 10.2 Å². The molecule has 1 heterocycles. The molecule has 12 heavy (non-hydrogen) atoms. The van der Waals surface area contributed by atoms with Gasteiger partial charge >= 0.3 is 6.41 Å². The number of hydrogen-bond donors (Lipinski definition) is 1. The highest BCUT2D eigenvalue weighted by Crippen LogP contribution is 2.14. The van der Waals surface area contributed by atoms with E-state index in [0.29, 0.717) is 6.54 Å². The normalized spacial score (nSPS) is 23.4. The molecule has 1 atom stereocenters. The zero-order valence-corrected chi connectivity index (χ0v) is 7.17. The SMILES string of the molecule is CNC(=O)C1CCCN([C]=O)C1. The van der Waals surface area contributed by atoms with Crippen molar-refractivity contribution in [2.75, 3.05) is 20.1 Å². The van der Waals surface area contributed by atoms with Crippen LogP contribution >= 0.6 is 0 Å². The second-order valence-corrected chi connectivity index (χ2v) is 2.99. The van der Waals surface area contributed by atoms with E-state index in [1.54, 1.807) is 7.05 Å². The van der Waals surface area contributed by atoms with Crippen LogP contribution in [0.2, 0.25) is 0 Å². The van der Waals surface area contributed by atoms with E-state index in [9.17, 15) is 9.59 Å². The maximum atomic E-state index is 11.2. The Hall–Kier alpha value is -1.06. The number of carbonyl (C=O) groups excluding carboxylic acids is 2. The van der Waals surface area contributed by atoms with Gasteiger partial charge in [0.15, 0.2) is 0 Å². The quantitative estimate of drug-likeness (QED) is 0.606. The zero-order chi connectivity index (χ0) is 8.97. The molecule has 1 saturated heterocycles. The summed E-state index contributed by atoms with van der Waals surface area (Å²) in [5, 5.41) is 2.58. The Kier molecular flexibility index (Phi) is 3.08. The summed E-state index contributed by atoms with van der Waals surface area (Å²) in [5.41, 5.74) is 0. The van der Waals surface area contributed by atoms with Crippen molar-refractivity contribution < 1.29 is 9.59 Å². The molecule has 0 aromatic rings. The lowest BCUT2D eigenvalue weighted by Gasteiger charge is -2.27. The molecule has 1 aliphatic heterocycles. The van der Waals surface area contributed by atoms with Gasteiger partial charge in [-0.05, 0) is 12.8 Å². The molecule has 1 rings (SSSR count). The minimum absolute atomic E-state index is 0.0231. The van der Waals surface area contributed by atoms with Crippen LogP contribution in [0.5, 0.6) is 0 Å². The van der Waals surface area contributed by atoms with Gasteiger partial charge in [0.25, 0.3) is 0 Å². The van der Waals surface area contributed by atoms with Gasteiger partial charge in [-0.1, -0.05) is 0 Å². The summed E-state index contributed by atoms with van der Waals surface area (Å²) in [4.78, 5) is 23.0. The Morgan fingerprint density at radius 3 is 3.00 bits per heavy atom. The predicted molar refractivity (Wildman–Crippen MR) is 44.1 cm³/mol. The third-order valence-corrected chi connectivity index (χ3v) is 2.17. The first-order valence-corrected chi connectivity index (χ1v) is 4.12. The van der Waals surface area contributed by atoms with Crippen LogP contribution in [-0.4, -0.2) is 37.4 Å². The molecule has 1 N–H and O–H groups in total. The lowest BCUT2D eigenvalue weighted by atomic mass is 9.98. The van der Waals surface area contributed by atoms with Crippen LogP contribution in [0, 0.1) is 5.92 Å². The smallest absolute Gasteiger partial charge is 0.312 e. The van der Waals surface area contributed by atoms with Gasteiger partial charge in [-0.25, -0.2) is 0 Å². The summed E-state index contributed by atoms with van der Waals surface area (Å²) >= 11 is 0. The molecule has 2 amide bonds. The number of nitrogens with one attached hydrogen (secondary N) is 1. The monoisotopic (exact) mass is 169 g/mol. The molecule has 1 unspecified atom stereocenters. The number of likely N-dealkylation sites (tertiary alicyclic amines) is 1. The number of piperidine rings is 1. The number of amides is 2. The Morgan fingerprint density at radius 1 is 1.67 bits per heavy atom. The van der Waals surface area contributed by atoms with Gasteiger partial charge in [-0.3, -0.25) is 9.59 Å². The van der Waals surface area contributed by atoms with Crippen molar-refractivity contribution in [3.05, 3.63) is 0 Å². The first-order chi connectivity index (χ1) is 5.77. The summed E-state index contributed by atoms with van der Waals surface area (Å²) in [6.07, 6.45) is 3.59. The molecule has 0 aliphatic carbocycles. The Labute approximate surface area is 71.9 Å². The standard InChI is InChI=1S/C8H13N2O2/c1-9-8(12)7-3-2-4-10(5-7)6-11/h7H,2-5H2,1H3,(H,9,12). The van der Waals surface area contributed by atoms with Gasteiger partial charge in [-0.15, -0.1) is 0 Å². The van der Waals surface area contributed by atoms with Crippen molar-refractivity contribution >= 4 is 12.3 Å². The van der Waals surface area contributed by atoms with Crippen LogP contribution in [0.4, 0.5) is 0 Å². The number of carbonyl (C=O) groups is 1.